The molecule has 0 bridgehead atoms. The van der Waals surface area contributed by atoms with Crippen molar-refractivity contribution in [3.63, 3.8) is 0 Å². The lowest BCUT2D eigenvalue weighted by molar-refractivity contribution is -0.120. The number of benzene rings is 1. The minimum absolute atomic E-state index is 0.0812. The summed E-state index contributed by atoms with van der Waals surface area (Å²) in [5.41, 5.74) is 0.694. The molecule has 1 aromatic rings. The highest BCUT2D eigenvalue weighted by Gasteiger charge is 2.22. The topological polar surface area (TPSA) is 66.5 Å². The third kappa shape index (κ3) is 5.91. The summed E-state index contributed by atoms with van der Waals surface area (Å²) in [5, 5.41) is 2.62. The normalized spacial score (nSPS) is 16.7. The number of carbonyl (C=O) groups is 1. The standard InChI is InChI=1S/C16H23FN2O3S/c17-15-7-5-14(6-8-15)13-16(20)18-9-12-23(21,22)19-10-3-1-2-4-11-19/h5-8H,1-4,9-13H2,(H,18,20). The van der Waals surface area contributed by atoms with Gasteiger partial charge >= 0.3 is 0 Å². The van der Waals surface area contributed by atoms with Crippen LogP contribution in [0.4, 0.5) is 4.39 Å². The second kappa shape index (κ2) is 8.40. The highest BCUT2D eigenvalue weighted by atomic mass is 32.2. The van der Waals surface area contributed by atoms with E-state index in [1.807, 2.05) is 0 Å². The van der Waals surface area contributed by atoms with E-state index in [0.717, 1.165) is 25.7 Å². The molecule has 1 aliphatic heterocycles. The van der Waals surface area contributed by atoms with E-state index in [9.17, 15) is 17.6 Å². The summed E-state index contributed by atoms with van der Waals surface area (Å²) in [6, 6.07) is 5.69. The molecule has 1 aliphatic rings. The third-order valence-electron chi connectivity index (χ3n) is 3.92. The van der Waals surface area contributed by atoms with Gasteiger partial charge in [-0.3, -0.25) is 4.79 Å². The van der Waals surface area contributed by atoms with Crippen molar-refractivity contribution in [2.75, 3.05) is 25.4 Å². The average molecular weight is 342 g/mol. The van der Waals surface area contributed by atoms with Crippen molar-refractivity contribution in [3.05, 3.63) is 35.6 Å². The Balaban J connectivity index is 1.76. The van der Waals surface area contributed by atoms with Crippen LogP contribution in [0.2, 0.25) is 0 Å². The van der Waals surface area contributed by atoms with Gasteiger partial charge in [-0.25, -0.2) is 17.1 Å². The number of hydrogen-bond donors (Lipinski definition) is 1. The molecule has 2 rings (SSSR count). The van der Waals surface area contributed by atoms with Crippen molar-refractivity contribution in [1.29, 1.82) is 0 Å². The van der Waals surface area contributed by atoms with Gasteiger partial charge in [-0.05, 0) is 30.5 Å². The second-order valence-electron chi connectivity index (χ2n) is 5.78. The van der Waals surface area contributed by atoms with Gasteiger partial charge in [-0.1, -0.05) is 25.0 Å². The van der Waals surface area contributed by atoms with E-state index >= 15 is 0 Å². The summed E-state index contributed by atoms with van der Waals surface area (Å²) in [6.45, 7) is 1.25. The van der Waals surface area contributed by atoms with Gasteiger partial charge in [0.1, 0.15) is 5.82 Å². The Morgan fingerprint density at radius 1 is 1.09 bits per heavy atom. The van der Waals surface area contributed by atoms with Gasteiger partial charge < -0.3 is 5.32 Å². The molecule has 7 heteroatoms. The highest BCUT2D eigenvalue weighted by Crippen LogP contribution is 2.13. The quantitative estimate of drug-likeness (QED) is 0.855. The van der Waals surface area contributed by atoms with Gasteiger partial charge in [-0.15, -0.1) is 0 Å². The first-order chi connectivity index (χ1) is 11.0. The molecule has 0 saturated carbocycles. The second-order valence-corrected chi connectivity index (χ2v) is 7.87. The minimum atomic E-state index is -3.31. The van der Waals surface area contributed by atoms with Crippen LogP contribution in [-0.4, -0.2) is 44.0 Å². The van der Waals surface area contributed by atoms with Crippen molar-refractivity contribution in [2.45, 2.75) is 32.1 Å². The fraction of sp³-hybridized carbons (Fsp3) is 0.562. The minimum Gasteiger partial charge on any atom is -0.355 e. The first-order valence-electron chi connectivity index (χ1n) is 7.96. The number of rotatable bonds is 6. The SMILES string of the molecule is O=C(Cc1ccc(F)cc1)NCCS(=O)(=O)N1CCCCCC1. The molecule has 128 valence electrons. The zero-order valence-electron chi connectivity index (χ0n) is 13.1. The number of nitrogens with one attached hydrogen (secondary N) is 1. The Kier molecular flexibility index (Phi) is 6.53. The maximum atomic E-state index is 12.8. The maximum absolute atomic E-state index is 12.8. The van der Waals surface area contributed by atoms with E-state index in [0.29, 0.717) is 18.7 Å². The number of carbonyl (C=O) groups excluding carboxylic acids is 1. The van der Waals surface area contributed by atoms with Crippen LogP contribution in [0, 0.1) is 5.82 Å². The van der Waals surface area contributed by atoms with Gasteiger partial charge in [0.25, 0.3) is 0 Å². The van der Waals surface area contributed by atoms with Gasteiger partial charge in [0.2, 0.25) is 15.9 Å². The molecule has 1 aromatic carbocycles. The van der Waals surface area contributed by atoms with E-state index in [4.69, 9.17) is 0 Å². The molecule has 0 unspecified atom stereocenters. The van der Waals surface area contributed by atoms with Crippen LogP contribution in [0.25, 0.3) is 0 Å². The zero-order valence-corrected chi connectivity index (χ0v) is 13.9. The average Bonchev–Trinajstić information content (AvgIpc) is 2.79. The summed E-state index contributed by atoms with van der Waals surface area (Å²) in [5.74, 6) is -0.692. The number of hydrogen-bond acceptors (Lipinski definition) is 3. The van der Waals surface area contributed by atoms with Crippen LogP contribution in [0.1, 0.15) is 31.2 Å². The van der Waals surface area contributed by atoms with Gasteiger partial charge in [0.05, 0.1) is 12.2 Å². The van der Waals surface area contributed by atoms with E-state index < -0.39 is 10.0 Å². The first kappa shape index (κ1) is 17.9. The summed E-state index contributed by atoms with van der Waals surface area (Å²) in [4.78, 5) is 11.8. The van der Waals surface area contributed by atoms with E-state index in [2.05, 4.69) is 5.32 Å². The van der Waals surface area contributed by atoms with Gasteiger partial charge in [0, 0.05) is 19.6 Å². The molecule has 0 atom stereocenters. The molecule has 23 heavy (non-hydrogen) atoms. The summed E-state index contributed by atoms with van der Waals surface area (Å²) < 4.78 is 38.8. The molecule has 1 saturated heterocycles. The predicted molar refractivity (Wildman–Crippen MR) is 86.9 cm³/mol. The van der Waals surface area contributed by atoms with Gasteiger partial charge in [-0.2, -0.15) is 0 Å². The van der Waals surface area contributed by atoms with Crippen molar-refractivity contribution < 1.29 is 17.6 Å². The van der Waals surface area contributed by atoms with Crippen LogP contribution in [0.5, 0.6) is 0 Å². The van der Waals surface area contributed by atoms with E-state index in [1.54, 1.807) is 12.1 Å². The van der Waals surface area contributed by atoms with Crippen molar-refractivity contribution in [1.82, 2.24) is 9.62 Å². The summed E-state index contributed by atoms with van der Waals surface area (Å²) in [6.07, 6.45) is 4.05. The smallest absolute Gasteiger partial charge is 0.224 e. The van der Waals surface area contributed by atoms with Crippen LogP contribution < -0.4 is 5.32 Å². The van der Waals surface area contributed by atoms with E-state index in [-0.39, 0.29) is 30.4 Å². The van der Waals surface area contributed by atoms with Crippen molar-refractivity contribution >= 4 is 15.9 Å². The Morgan fingerprint density at radius 2 is 1.70 bits per heavy atom. The molecule has 1 N–H and O–H groups in total. The Morgan fingerprint density at radius 3 is 2.30 bits per heavy atom. The molecular formula is C16H23FN2O3S. The number of nitrogens with zero attached hydrogens (tertiary/aromatic N) is 1. The molecule has 1 amide bonds. The third-order valence-corrected chi connectivity index (χ3v) is 5.79. The lowest BCUT2D eigenvalue weighted by Crippen LogP contribution is -2.38. The van der Waals surface area contributed by atoms with Crippen molar-refractivity contribution in [2.24, 2.45) is 0 Å². The molecule has 5 nitrogen and oxygen atoms in total. The van der Waals surface area contributed by atoms with Crippen LogP contribution >= 0.6 is 0 Å². The molecule has 1 heterocycles. The number of sulfonamides is 1. The van der Waals surface area contributed by atoms with Crippen molar-refractivity contribution in [3.8, 4) is 0 Å². The Bertz CT molecular complexity index is 609. The van der Waals surface area contributed by atoms with Gasteiger partial charge in [0.15, 0.2) is 0 Å². The molecule has 0 spiro atoms. The Hall–Kier alpha value is -1.47. The highest BCUT2D eigenvalue weighted by molar-refractivity contribution is 7.89. The zero-order chi connectivity index (χ0) is 16.7. The fourth-order valence-corrected chi connectivity index (χ4v) is 4.05. The molecule has 0 aliphatic carbocycles. The summed E-state index contributed by atoms with van der Waals surface area (Å²) in [7, 11) is -3.31. The number of halogens is 1. The van der Waals surface area contributed by atoms with E-state index in [1.165, 1.54) is 16.4 Å². The number of amides is 1. The van der Waals surface area contributed by atoms with Crippen LogP contribution in [0.3, 0.4) is 0 Å². The van der Waals surface area contributed by atoms with Crippen LogP contribution in [-0.2, 0) is 21.2 Å². The molecular weight excluding hydrogens is 319 g/mol. The summed E-state index contributed by atoms with van der Waals surface area (Å²) >= 11 is 0. The maximum Gasteiger partial charge on any atom is 0.224 e. The lowest BCUT2D eigenvalue weighted by Gasteiger charge is -2.19. The largest absolute Gasteiger partial charge is 0.355 e. The fourth-order valence-electron chi connectivity index (χ4n) is 2.62. The molecule has 1 fully saturated rings. The predicted octanol–water partition coefficient (Wildman–Crippen LogP) is 1.69. The first-order valence-corrected chi connectivity index (χ1v) is 9.57. The lowest BCUT2D eigenvalue weighted by atomic mass is 10.1. The monoisotopic (exact) mass is 342 g/mol. The Labute approximate surface area is 136 Å². The molecule has 0 aromatic heterocycles. The molecule has 0 radical (unpaired) electrons. The van der Waals surface area contributed by atoms with Crippen LogP contribution in [0.15, 0.2) is 24.3 Å².